The third-order valence-electron chi connectivity index (χ3n) is 5.32. The van der Waals surface area contributed by atoms with E-state index < -0.39 is 15.5 Å². The maximum atomic E-state index is 11.8. The quantitative estimate of drug-likeness (QED) is 0.283. The lowest BCUT2D eigenvalue weighted by Crippen LogP contribution is -2.05. The summed E-state index contributed by atoms with van der Waals surface area (Å²) in [6, 6.07) is 19.8. The number of nitrogens with zero attached hydrogens (tertiary/aromatic N) is 5. The molecule has 11 nitrogen and oxygen atoms in total. The molecule has 5 aromatic rings. The highest BCUT2D eigenvalue weighted by molar-refractivity contribution is 5.80. The van der Waals surface area contributed by atoms with Crippen molar-refractivity contribution in [2.24, 2.45) is 0 Å². The lowest BCUT2D eigenvalue weighted by atomic mass is 10.1. The van der Waals surface area contributed by atoms with E-state index in [1.54, 1.807) is 25.3 Å². The van der Waals surface area contributed by atoms with E-state index in [1.807, 2.05) is 36.4 Å². The molecule has 168 valence electrons. The van der Waals surface area contributed by atoms with Gasteiger partial charge in [0.2, 0.25) is 0 Å². The number of aromatic nitrogens is 4. The molecule has 0 saturated heterocycles. The van der Waals surface area contributed by atoms with E-state index in [1.165, 1.54) is 16.8 Å². The fourth-order valence-corrected chi connectivity index (χ4v) is 3.66. The van der Waals surface area contributed by atoms with E-state index in [0.29, 0.717) is 23.0 Å². The maximum Gasteiger partial charge on any atom is 0.301 e. The van der Waals surface area contributed by atoms with Crippen molar-refractivity contribution in [1.82, 2.24) is 19.7 Å². The van der Waals surface area contributed by atoms with E-state index >= 15 is 0 Å². The highest BCUT2D eigenvalue weighted by Gasteiger charge is 2.25. The Labute approximate surface area is 191 Å². The van der Waals surface area contributed by atoms with Crippen LogP contribution in [0.2, 0.25) is 0 Å². The van der Waals surface area contributed by atoms with Crippen LogP contribution >= 0.6 is 0 Å². The Morgan fingerprint density at radius 3 is 2.38 bits per heavy atom. The lowest BCUT2D eigenvalue weighted by molar-refractivity contribution is -0.394. The van der Waals surface area contributed by atoms with Crippen LogP contribution < -0.4 is 4.74 Å². The standard InChI is InChI=1S/C23H16N6O5/c1-34-16-9-6-14(7-10-16)19-13-22(23-24-17-4-2-3-5-18(17)25-23)27(26-19)20-11-8-15(28(30)31)12-21(20)29(32)33/h2-13H,1H3,(H,24,25). The van der Waals surface area contributed by atoms with E-state index in [2.05, 4.69) is 15.1 Å². The third-order valence-corrected chi connectivity index (χ3v) is 5.32. The number of rotatable bonds is 6. The molecule has 0 atom stereocenters. The molecule has 0 unspecified atom stereocenters. The van der Waals surface area contributed by atoms with Gasteiger partial charge in [-0.05, 0) is 48.5 Å². The molecule has 0 aliphatic rings. The van der Waals surface area contributed by atoms with Gasteiger partial charge in [0.1, 0.15) is 17.1 Å². The minimum Gasteiger partial charge on any atom is -0.497 e. The van der Waals surface area contributed by atoms with Crippen LogP contribution in [0.15, 0.2) is 72.8 Å². The number of benzene rings is 3. The number of para-hydroxylation sites is 2. The summed E-state index contributed by atoms with van der Waals surface area (Å²) in [6.45, 7) is 0. The van der Waals surface area contributed by atoms with Gasteiger partial charge >= 0.3 is 5.69 Å². The van der Waals surface area contributed by atoms with Gasteiger partial charge in [0.15, 0.2) is 5.82 Å². The van der Waals surface area contributed by atoms with Gasteiger partial charge in [-0.2, -0.15) is 5.10 Å². The normalized spacial score (nSPS) is 11.0. The first kappa shape index (κ1) is 20.8. The molecule has 0 fully saturated rings. The molecule has 1 N–H and O–H groups in total. The summed E-state index contributed by atoms with van der Waals surface area (Å²) in [5.74, 6) is 1.12. The molecule has 0 radical (unpaired) electrons. The summed E-state index contributed by atoms with van der Waals surface area (Å²) in [6.07, 6.45) is 0. The van der Waals surface area contributed by atoms with Crippen molar-refractivity contribution < 1.29 is 14.6 Å². The summed E-state index contributed by atoms with van der Waals surface area (Å²) < 4.78 is 6.58. The Balaban J connectivity index is 1.74. The summed E-state index contributed by atoms with van der Waals surface area (Å²) in [5, 5.41) is 27.6. The predicted octanol–water partition coefficient (Wildman–Crippen LogP) is 4.91. The van der Waals surface area contributed by atoms with Crippen molar-refractivity contribution in [2.75, 3.05) is 7.11 Å². The summed E-state index contributed by atoms with van der Waals surface area (Å²) in [5.41, 5.74) is 2.49. The number of hydrogen-bond donors (Lipinski definition) is 1. The van der Waals surface area contributed by atoms with Gasteiger partial charge in [-0.25, -0.2) is 9.67 Å². The van der Waals surface area contributed by atoms with E-state index in [-0.39, 0.29) is 11.4 Å². The summed E-state index contributed by atoms with van der Waals surface area (Å²) in [4.78, 5) is 29.5. The first-order chi connectivity index (χ1) is 16.4. The second kappa shape index (κ2) is 8.13. The number of nitro benzene ring substituents is 2. The topological polar surface area (TPSA) is 142 Å². The zero-order chi connectivity index (χ0) is 23.8. The lowest BCUT2D eigenvalue weighted by Gasteiger charge is -2.06. The number of aromatic amines is 1. The number of ether oxygens (including phenoxy) is 1. The largest absolute Gasteiger partial charge is 0.497 e. The molecule has 2 aromatic heterocycles. The molecule has 3 aromatic carbocycles. The van der Waals surface area contributed by atoms with E-state index in [9.17, 15) is 20.2 Å². The Hall–Kier alpha value is -5.06. The monoisotopic (exact) mass is 456 g/mol. The number of hydrogen-bond acceptors (Lipinski definition) is 7. The zero-order valence-electron chi connectivity index (χ0n) is 17.7. The first-order valence-corrected chi connectivity index (χ1v) is 10.1. The van der Waals surface area contributed by atoms with Gasteiger partial charge in [-0.1, -0.05) is 12.1 Å². The van der Waals surface area contributed by atoms with Crippen LogP contribution in [0.1, 0.15) is 0 Å². The highest BCUT2D eigenvalue weighted by Crippen LogP contribution is 2.34. The fourth-order valence-electron chi connectivity index (χ4n) is 3.66. The Bertz CT molecular complexity index is 1520. The van der Waals surface area contributed by atoms with Gasteiger partial charge in [0, 0.05) is 11.6 Å². The third kappa shape index (κ3) is 3.60. The van der Waals surface area contributed by atoms with Crippen LogP contribution in [-0.2, 0) is 0 Å². The number of imidazole rings is 1. The average Bonchev–Trinajstić information content (AvgIpc) is 3.48. The van der Waals surface area contributed by atoms with Gasteiger partial charge in [-0.15, -0.1) is 0 Å². The van der Waals surface area contributed by atoms with Crippen LogP contribution in [0.5, 0.6) is 5.75 Å². The van der Waals surface area contributed by atoms with Crippen LogP contribution in [0.4, 0.5) is 11.4 Å². The van der Waals surface area contributed by atoms with Crippen LogP contribution in [0, 0.1) is 20.2 Å². The van der Waals surface area contributed by atoms with Gasteiger partial charge < -0.3 is 9.72 Å². The van der Waals surface area contributed by atoms with Crippen molar-refractivity contribution in [3.05, 3.63) is 93.0 Å². The van der Waals surface area contributed by atoms with Crippen molar-refractivity contribution in [3.63, 3.8) is 0 Å². The molecular formula is C23H16N6O5. The van der Waals surface area contributed by atoms with Crippen LogP contribution in [-0.4, -0.2) is 36.7 Å². The second-order valence-corrected chi connectivity index (χ2v) is 7.34. The van der Waals surface area contributed by atoms with Gasteiger partial charge in [0.05, 0.1) is 39.8 Å². The van der Waals surface area contributed by atoms with Crippen molar-refractivity contribution >= 4 is 22.4 Å². The van der Waals surface area contributed by atoms with Gasteiger partial charge in [0.25, 0.3) is 5.69 Å². The SMILES string of the molecule is COc1ccc(-c2cc(-c3nc4ccccc4[nH]3)n(-c3ccc([N+](=O)[O-])cc3[N+](=O)[O-])n2)cc1. The van der Waals surface area contributed by atoms with Gasteiger partial charge in [-0.3, -0.25) is 20.2 Å². The molecule has 0 aliphatic carbocycles. The fraction of sp³-hybridized carbons (Fsp3) is 0.0435. The molecule has 0 aliphatic heterocycles. The zero-order valence-corrected chi connectivity index (χ0v) is 17.7. The van der Waals surface area contributed by atoms with Crippen molar-refractivity contribution in [1.29, 1.82) is 0 Å². The molecule has 0 bridgehead atoms. The Morgan fingerprint density at radius 1 is 0.941 bits per heavy atom. The molecule has 34 heavy (non-hydrogen) atoms. The molecule has 2 heterocycles. The number of nitro groups is 2. The Morgan fingerprint density at radius 2 is 1.71 bits per heavy atom. The van der Waals surface area contributed by atoms with E-state index in [0.717, 1.165) is 22.7 Å². The molecule has 11 heteroatoms. The maximum absolute atomic E-state index is 11.8. The van der Waals surface area contributed by atoms with Crippen LogP contribution in [0.3, 0.4) is 0 Å². The number of methoxy groups -OCH3 is 1. The Kier molecular flexibility index (Phi) is 4.98. The number of nitrogens with one attached hydrogen (secondary N) is 1. The molecule has 0 spiro atoms. The summed E-state index contributed by atoms with van der Waals surface area (Å²) in [7, 11) is 1.57. The molecule has 0 saturated carbocycles. The van der Waals surface area contributed by atoms with Crippen molar-refractivity contribution in [2.45, 2.75) is 0 Å². The number of non-ortho nitro benzene ring substituents is 1. The second-order valence-electron chi connectivity index (χ2n) is 7.34. The minimum atomic E-state index is -0.678. The first-order valence-electron chi connectivity index (χ1n) is 10.1. The summed E-state index contributed by atoms with van der Waals surface area (Å²) >= 11 is 0. The average molecular weight is 456 g/mol. The smallest absolute Gasteiger partial charge is 0.301 e. The number of fused-ring (bicyclic) bond motifs is 1. The molecular weight excluding hydrogens is 440 g/mol. The molecule has 0 amide bonds. The molecule has 5 rings (SSSR count). The number of H-pyrrole nitrogens is 1. The predicted molar refractivity (Wildman–Crippen MR) is 124 cm³/mol. The van der Waals surface area contributed by atoms with Crippen molar-refractivity contribution in [3.8, 4) is 34.2 Å². The minimum absolute atomic E-state index is 0.0748. The van der Waals surface area contributed by atoms with Crippen LogP contribution in [0.25, 0.3) is 39.5 Å². The highest BCUT2D eigenvalue weighted by atomic mass is 16.6. The van der Waals surface area contributed by atoms with E-state index in [4.69, 9.17) is 4.74 Å².